The topological polar surface area (TPSA) is 83.8 Å². The highest BCUT2D eigenvalue weighted by Crippen LogP contribution is 2.39. The molecule has 0 bridgehead atoms. The molecule has 0 spiro atoms. The summed E-state index contributed by atoms with van der Waals surface area (Å²) < 4.78 is 5.81. The molecule has 2 aromatic carbocycles. The van der Waals surface area contributed by atoms with Gasteiger partial charge in [-0.15, -0.1) is 0 Å². The molecule has 0 aliphatic carbocycles. The van der Waals surface area contributed by atoms with E-state index in [0.717, 1.165) is 48.6 Å². The summed E-state index contributed by atoms with van der Waals surface area (Å²) in [7, 11) is 0. The molecule has 3 rings (SSSR count). The summed E-state index contributed by atoms with van der Waals surface area (Å²) in [4.78, 5) is 23.3. The van der Waals surface area contributed by atoms with Crippen LogP contribution in [0.2, 0.25) is 0 Å². The molecule has 29 heavy (non-hydrogen) atoms. The monoisotopic (exact) mass is 398 g/mol. The van der Waals surface area contributed by atoms with Gasteiger partial charge in [-0.2, -0.15) is 0 Å². The second kappa shape index (κ2) is 9.88. The Balaban J connectivity index is 1.79. The van der Waals surface area contributed by atoms with Gasteiger partial charge in [-0.3, -0.25) is 9.59 Å². The SMILES string of the molecule is O=C(O)CC(CCc1cccc2ccccc12)(CC[C@@H]1CCCCO1)CC(=O)O. The van der Waals surface area contributed by atoms with Crippen LogP contribution in [0.3, 0.4) is 0 Å². The van der Waals surface area contributed by atoms with Crippen molar-refractivity contribution < 1.29 is 24.5 Å². The summed E-state index contributed by atoms with van der Waals surface area (Å²) in [6.45, 7) is 0.742. The quantitative estimate of drug-likeness (QED) is 0.584. The van der Waals surface area contributed by atoms with Gasteiger partial charge < -0.3 is 14.9 Å². The van der Waals surface area contributed by atoms with Gasteiger partial charge in [0.05, 0.1) is 18.9 Å². The fourth-order valence-electron chi connectivity index (χ4n) is 4.60. The summed E-state index contributed by atoms with van der Waals surface area (Å²) in [6.07, 6.45) is 5.48. The molecule has 1 atom stereocenters. The van der Waals surface area contributed by atoms with Crippen LogP contribution in [0, 0.1) is 5.41 Å². The van der Waals surface area contributed by atoms with E-state index in [0.29, 0.717) is 19.3 Å². The molecule has 1 heterocycles. The maximum absolute atomic E-state index is 11.6. The Hall–Kier alpha value is -2.40. The maximum Gasteiger partial charge on any atom is 0.303 e. The average molecular weight is 398 g/mol. The highest BCUT2D eigenvalue weighted by Gasteiger charge is 2.36. The van der Waals surface area contributed by atoms with Crippen molar-refractivity contribution in [2.45, 2.75) is 63.9 Å². The summed E-state index contributed by atoms with van der Waals surface area (Å²) >= 11 is 0. The zero-order chi connectivity index (χ0) is 20.7. The number of aliphatic carboxylic acids is 2. The van der Waals surface area contributed by atoms with Crippen LogP contribution >= 0.6 is 0 Å². The summed E-state index contributed by atoms with van der Waals surface area (Å²) in [5.41, 5.74) is 0.368. The molecule has 1 fully saturated rings. The van der Waals surface area contributed by atoms with E-state index in [4.69, 9.17) is 4.74 Å². The summed E-state index contributed by atoms with van der Waals surface area (Å²) in [5, 5.41) is 21.4. The van der Waals surface area contributed by atoms with E-state index in [1.807, 2.05) is 18.2 Å². The molecule has 0 radical (unpaired) electrons. The van der Waals surface area contributed by atoms with E-state index >= 15 is 0 Å². The summed E-state index contributed by atoms with van der Waals surface area (Å²) in [6, 6.07) is 14.2. The minimum Gasteiger partial charge on any atom is -0.481 e. The Kier molecular flexibility index (Phi) is 7.26. The van der Waals surface area contributed by atoms with Crippen LogP contribution in [-0.2, 0) is 20.7 Å². The third-order valence-corrected chi connectivity index (χ3v) is 6.13. The molecule has 1 aliphatic rings. The second-order valence-corrected chi connectivity index (χ2v) is 8.31. The number of rotatable bonds is 10. The molecule has 5 heteroatoms. The number of hydrogen-bond donors (Lipinski definition) is 2. The largest absolute Gasteiger partial charge is 0.481 e. The molecule has 156 valence electrons. The first-order valence-electron chi connectivity index (χ1n) is 10.5. The van der Waals surface area contributed by atoms with Crippen molar-refractivity contribution in [1.82, 2.24) is 0 Å². The van der Waals surface area contributed by atoms with Gasteiger partial charge in [-0.05, 0) is 66.7 Å². The number of carboxylic acid groups (broad SMARTS) is 2. The lowest BCUT2D eigenvalue weighted by molar-refractivity contribution is -0.144. The lowest BCUT2D eigenvalue weighted by atomic mass is 9.72. The van der Waals surface area contributed by atoms with Crippen molar-refractivity contribution in [2.75, 3.05) is 6.61 Å². The van der Waals surface area contributed by atoms with E-state index in [9.17, 15) is 19.8 Å². The molecule has 1 aliphatic heterocycles. The van der Waals surface area contributed by atoms with Gasteiger partial charge in [0.15, 0.2) is 0 Å². The first-order valence-corrected chi connectivity index (χ1v) is 10.5. The fraction of sp³-hybridized carbons (Fsp3) is 0.500. The number of benzene rings is 2. The molecular formula is C24H30O5. The highest BCUT2D eigenvalue weighted by atomic mass is 16.5. The van der Waals surface area contributed by atoms with Crippen LogP contribution in [-0.4, -0.2) is 34.9 Å². The van der Waals surface area contributed by atoms with Crippen molar-refractivity contribution in [2.24, 2.45) is 5.41 Å². The van der Waals surface area contributed by atoms with Gasteiger partial charge >= 0.3 is 11.9 Å². The molecule has 0 aromatic heterocycles. The van der Waals surface area contributed by atoms with E-state index in [2.05, 4.69) is 24.3 Å². The minimum atomic E-state index is -0.936. The predicted molar refractivity (Wildman–Crippen MR) is 112 cm³/mol. The number of ether oxygens (including phenoxy) is 1. The molecule has 2 aromatic rings. The Bertz CT molecular complexity index is 817. The average Bonchev–Trinajstić information content (AvgIpc) is 2.70. The van der Waals surface area contributed by atoms with Gasteiger partial charge in [-0.25, -0.2) is 0 Å². The molecule has 0 unspecified atom stereocenters. The smallest absolute Gasteiger partial charge is 0.303 e. The number of fused-ring (bicyclic) bond motifs is 1. The van der Waals surface area contributed by atoms with E-state index < -0.39 is 17.4 Å². The molecule has 5 nitrogen and oxygen atoms in total. The van der Waals surface area contributed by atoms with Crippen molar-refractivity contribution in [3.8, 4) is 0 Å². The van der Waals surface area contributed by atoms with E-state index in [1.165, 1.54) is 0 Å². The van der Waals surface area contributed by atoms with Gasteiger partial charge in [0.1, 0.15) is 0 Å². The molecule has 2 N–H and O–H groups in total. The Morgan fingerprint density at radius 2 is 1.69 bits per heavy atom. The van der Waals surface area contributed by atoms with E-state index in [-0.39, 0.29) is 18.9 Å². The van der Waals surface area contributed by atoms with Crippen LogP contribution in [0.1, 0.15) is 56.9 Å². The van der Waals surface area contributed by atoms with Crippen LogP contribution in [0.4, 0.5) is 0 Å². The maximum atomic E-state index is 11.6. The Labute approximate surface area is 171 Å². The molecule has 1 saturated heterocycles. The van der Waals surface area contributed by atoms with Gasteiger partial charge in [0.2, 0.25) is 0 Å². The molecule has 0 amide bonds. The highest BCUT2D eigenvalue weighted by molar-refractivity contribution is 5.85. The van der Waals surface area contributed by atoms with Gasteiger partial charge in [-0.1, -0.05) is 42.5 Å². The van der Waals surface area contributed by atoms with Crippen molar-refractivity contribution in [1.29, 1.82) is 0 Å². The normalized spacial score (nSPS) is 17.3. The first kappa shape index (κ1) is 21.3. The zero-order valence-corrected chi connectivity index (χ0v) is 16.8. The van der Waals surface area contributed by atoms with Crippen molar-refractivity contribution in [3.05, 3.63) is 48.0 Å². The zero-order valence-electron chi connectivity index (χ0n) is 16.8. The standard InChI is InChI=1S/C24H30O5/c25-22(26)16-24(17-23(27)28,14-12-20-9-3-4-15-29-20)13-11-19-8-5-7-18-6-1-2-10-21(18)19/h1-2,5-8,10,20H,3-4,9,11-17H2,(H,25,26)(H,27,28)/t20-/m0/s1. The fourth-order valence-corrected chi connectivity index (χ4v) is 4.60. The van der Waals surface area contributed by atoms with Crippen LogP contribution < -0.4 is 0 Å². The lowest BCUT2D eigenvalue weighted by Gasteiger charge is -2.33. The van der Waals surface area contributed by atoms with Crippen molar-refractivity contribution in [3.63, 3.8) is 0 Å². The van der Waals surface area contributed by atoms with E-state index in [1.54, 1.807) is 0 Å². The van der Waals surface area contributed by atoms with Crippen LogP contribution in [0.5, 0.6) is 0 Å². The Morgan fingerprint density at radius 1 is 0.966 bits per heavy atom. The van der Waals surface area contributed by atoms with Gasteiger partial charge in [0.25, 0.3) is 0 Å². The minimum absolute atomic E-state index is 0.114. The van der Waals surface area contributed by atoms with Crippen molar-refractivity contribution >= 4 is 22.7 Å². The summed E-state index contributed by atoms with van der Waals surface area (Å²) in [5.74, 6) is -1.87. The molecular weight excluding hydrogens is 368 g/mol. The molecule has 0 saturated carbocycles. The second-order valence-electron chi connectivity index (χ2n) is 8.31. The number of carboxylic acids is 2. The first-order chi connectivity index (χ1) is 14.0. The number of hydrogen-bond acceptors (Lipinski definition) is 3. The third kappa shape index (κ3) is 6.04. The van der Waals surface area contributed by atoms with Crippen LogP contribution in [0.25, 0.3) is 10.8 Å². The van der Waals surface area contributed by atoms with Gasteiger partial charge in [0, 0.05) is 6.61 Å². The predicted octanol–water partition coefficient (Wildman–Crippen LogP) is 5.06. The number of aryl methyl sites for hydroxylation is 1. The lowest BCUT2D eigenvalue weighted by Crippen LogP contribution is -2.31. The Morgan fingerprint density at radius 3 is 2.38 bits per heavy atom. The number of carbonyl (C=O) groups is 2. The van der Waals surface area contributed by atoms with Crippen LogP contribution in [0.15, 0.2) is 42.5 Å². The third-order valence-electron chi connectivity index (χ3n) is 6.13.